The van der Waals surface area contributed by atoms with Gasteiger partial charge in [-0.3, -0.25) is 0 Å². The number of fused-ring (bicyclic) bond motifs is 2. The van der Waals surface area contributed by atoms with Gasteiger partial charge in [-0.1, -0.05) is 96.1 Å². The van der Waals surface area contributed by atoms with Gasteiger partial charge in [-0.25, -0.2) is 4.98 Å². The second-order valence-electron chi connectivity index (χ2n) is 10.3. The van der Waals surface area contributed by atoms with E-state index in [1.54, 1.807) is 0 Å². The van der Waals surface area contributed by atoms with Gasteiger partial charge in [0.15, 0.2) is 0 Å². The molecule has 1 heterocycles. The molecule has 0 atom stereocenters. The summed E-state index contributed by atoms with van der Waals surface area (Å²) >= 11 is 0. The summed E-state index contributed by atoms with van der Waals surface area (Å²) in [6.07, 6.45) is 2.12. The Hall–Kier alpha value is -2.61. The number of para-hydroxylation sites is 2. The molecule has 0 saturated heterocycles. The van der Waals surface area contributed by atoms with Crippen molar-refractivity contribution >= 4 is 21.8 Å². The third-order valence-electron chi connectivity index (χ3n) is 4.74. The minimum atomic E-state index is 0.286. The van der Waals surface area contributed by atoms with Crippen molar-refractivity contribution in [1.29, 1.82) is 0 Å². The number of H-pyrrole nitrogens is 1. The van der Waals surface area contributed by atoms with E-state index in [1.165, 1.54) is 16.3 Å². The molecule has 0 aliphatic heterocycles. The van der Waals surface area contributed by atoms with Gasteiger partial charge in [-0.15, -0.1) is 0 Å². The first-order valence-corrected chi connectivity index (χ1v) is 10.5. The zero-order valence-electron chi connectivity index (χ0n) is 18.7. The van der Waals surface area contributed by atoms with E-state index < -0.39 is 0 Å². The third-order valence-corrected chi connectivity index (χ3v) is 4.74. The zero-order chi connectivity index (χ0) is 21.1. The minimum Gasteiger partial charge on any atom is -0.342 e. The van der Waals surface area contributed by atoms with Gasteiger partial charge in [-0.2, -0.15) is 0 Å². The number of nitrogens with zero attached hydrogens (tertiary/aromatic N) is 1. The maximum absolute atomic E-state index is 4.54. The Morgan fingerprint density at radius 2 is 1.31 bits per heavy atom. The van der Waals surface area contributed by atoms with Crippen LogP contribution in [0, 0.1) is 10.8 Å². The van der Waals surface area contributed by atoms with Crippen LogP contribution in [0.25, 0.3) is 21.8 Å². The van der Waals surface area contributed by atoms with Crippen LogP contribution in [-0.2, 0) is 12.8 Å². The van der Waals surface area contributed by atoms with Gasteiger partial charge in [0.2, 0.25) is 0 Å². The van der Waals surface area contributed by atoms with E-state index in [0.29, 0.717) is 5.41 Å². The van der Waals surface area contributed by atoms with E-state index in [0.717, 1.165) is 29.7 Å². The molecular weight excluding hydrogens is 352 g/mol. The lowest BCUT2D eigenvalue weighted by molar-refractivity contribution is 0.402. The summed E-state index contributed by atoms with van der Waals surface area (Å²) in [6.45, 7) is 13.5. The van der Waals surface area contributed by atoms with Gasteiger partial charge >= 0.3 is 0 Å². The molecule has 0 aliphatic rings. The topological polar surface area (TPSA) is 28.7 Å². The molecule has 29 heavy (non-hydrogen) atoms. The Morgan fingerprint density at radius 3 is 2.00 bits per heavy atom. The highest BCUT2D eigenvalue weighted by molar-refractivity contribution is 5.85. The molecule has 1 N–H and O–H groups in total. The largest absolute Gasteiger partial charge is 0.342 e. The van der Waals surface area contributed by atoms with Gasteiger partial charge < -0.3 is 4.98 Å². The highest BCUT2D eigenvalue weighted by Gasteiger charge is 2.14. The van der Waals surface area contributed by atoms with Crippen LogP contribution in [-0.4, -0.2) is 9.97 Å². The molecule has 152 valence electrons. The highest BCUT2D eigenvalue weighted by Crippen LogP contribution is 2.26. The van der Waals surface area contributed by atoms with E-state index in [2.05, 4.69) is 100 Å². The Labute approximate surface area is 175 Å². The quantitative estimate of drug-likeness (QED) is 0.378. The first-order valence-electron chi connectivity index (χ1n) is 10.5. The standard InChI is InChI=1S/C15H18.C12H16N2/c1-15(2,3)11-13-9-6-8-12-7-4-5-10-14(12)13;1-12(2,3)8-11-13-9-6-4-5-7-10(9)14-11/h4-10H,11H2,1-3H3;4-7H,8H2,1-3H3,(H,13,14). The molecule has 1 aromatic heterocycles. The van der Waals surface area contributed by atoms with Crippen LogP contribution in [0.5, 0.6) is 0 Å². The Kier molecular flexibility index (Phi) is 6.12. The van der Waals surface area contributed by atoms with E-state index in [-0.39, 0.29) is 5.41 Å². The third kappa shape index (κ3) is 6.19. The van der Waals surface area contributed by atoms with E-state index in [4.69, 9.17) is 0 Å². The fourth-order valence-electron chi connectivity index (χ4n) is 3.61. The van der Waals surface area contributed by atoms with Crippen molar-refractivity contribution in [2.75, 3.05) is 0 Å². The van der Waals surface area contributed by atoms with Crippen LogP contribution < -0.4 is 0 Å². The molecule has 4 aromatic rings. The SMILES string of the molecule is CC(C)(C)Cc1cccc2ccccc12.CC(C)(C)Cc1nc2ccccc2[nH]1. The normalized spacial score (nSPS) is 12.1. The lowest BCUT2D eigenvalue weighted by Crippen LogP contribution is -2.10. The number of aromatic nitrogens is 2. The predicted molar refractivity (Wildman–Crippen MR) is 126 cm³/mol. The van der Waals surface area contributed by atoms with Crippen LogP contribution in [0.3, 0.4) is 0 Å². The molecule has 4 rings (SSSR count). The van der Waals surface area contributed by atoms with Crippen molar-refractivity contribution in [3.05, 3.63) is 78.1 Å². The number of benzene rings is 3. The van der Waals surface area contributed by atoms with Crippen LogP contribution in [0.1, 0.15) is 52.9 Å². The second kappa shape index (κ2) is 8.41. The lowest BCUT2D eigenvalue weighted by atomic mass is 9.86. The first-order chi connectivity index (χ1) is 13.6. The predicted octanol–water partition coefficient (Wildman–Crippen LogP) is 7.58. The molecule has 0 fully saturated rings. The summed E-state index contributed by atoms with van der Waals surface area (Å²) in [5.74, 6) is 1.08. The maximum Gasteiger partial charge on any atom is 0.107 e. The van der Waals surface area contributed by atoms with Crippen LogP contribution in [0.15, 0.2) is 66.7 Å². The maximum atomic E-state index is 4.54. The van der Waals surface area contributed by atoms with Crippen molar-refractivity contribution in [1.82, 2.24) is 9.97 Å². The first kappa shape index (κ1) is 21.1. The minimum absolute atomic E-state index is 0.286. The van der Waals surface area contributed by atoms with E-state index in [1.807, 2.05) is 18.2 Å². The Bertz CT molecular complexity index is 1040. The van der Waals surface area contributed by atoms with Crippen molar-refractivity contribution in [2.24, 2.45) is 10.8 Å². The fraction of sp³-hybridized carbons (Fsp3) is 0.370. The molecular formula is C27H34N2. The van der Waals surface area contributed by atoms with Gasteiger partial charge in [-0.05, 0) is 45.7 Å². The number of nitrogens with one attached hydrogen (secondary N) is 1. The number of aromatic amines is 1. The number of imidazole rings is 1. The lowest BCUT2D eigenvalue weighted by Gasteiger charge is -2.19. The zero-order valence-corrected chi connectivity index (χ0v) is 18.7. The molecule has 0 radical (unpaired) electrons. The van der Waals surface area contributed by atoms with Crippen LogP contribution in [0.2, 0.25) is 0 Å². The van der Waals surface area contributed by atoms with Crippen LogP contribution >= 0.6 is 0 Å². The molecule has 2 nitrogen and oxygen atoms in total. The second-order valence-corrected chi connectivity index (χ2v) is 10.3. The molecule has 0 bridgehead atoms. The van der Waals surface area contributed by atoms with Crippen molar-refractivity contribution in [2.45, 2.75) is 54.4 Å². The molecule has 0 aliphatic carbocycles. The summed E-state index contributed by atoms with van der Waals surface area (Å²) in [6, 6.07) is 23.4. The highest BCUT2D eigenvalue weighted by atomic mass is 14.9. The van der Waals surface area contributed by atoms with E-state index >= 15 is 0 Å². The summed E-state index contributed by atoms with van der Waals surface area (Å²) in [5, 5.41) is 2.74. The van der Waals surface area contributed by atoms with Crippen molar-refractivity contribution in [3.63, 3.8) is 0 Å². The number of hydrogen-bond acceptors (Lipinski definition) is 1. The molecule has 0 amide bonds. The van der Waals surface area contributed by atoms with Gasteiger partial charge in [0.1, 0.15) is 5.82 Å². The summed E-state index contributed by atoms with van der Waals surface area (Å²) in [7, 11) is 0. The summed E-state index contributed by atoms with van der Waals surface area (Å²) < 4.78 is 0. The van der Waals surface area contributed by atoms with E-state index in [9.17, 15) is 0 Å². The molecule has 0 saturated carbocycles. The number of hydrogen-bond donors (Lipinski definition) is 1. The summed E-state index contributed by atoms with van der Waals surface area (Å²) in [4.78, 5) is 7.88. The Balaban J connectivity index is 0.000000166. The van der Waals surface area contributed by atoms with Crippen molar-refractivity contribution < 1.29 is 0 Å². The van der Waals surface area contributed by atoms with Crippen LogP contribution in [0.4, 0.5) is 0 Å². The molecule has 0 unspecified atom stereocenters. The molecule has 0 spiro atoms. The van der Waals surface area contributed by atoms with Gasteiger partial charge in [0.25, 0.3) is 0 Å². The molecule has 3 aromatic carbocycles. The monoisotopic (exact) mass is 386 g/mol. The summed E-state index contributed by atoms with van der Waals surface area (Å²) in [5.41, 5.74) is 4.29. The average Bonchev–Trinajstić information content (AvgIpc) is 3.01. The fourth-order valence-corrected chi connectivity index (χ4v) is 3.61. The van der Waals surface area contributed by atoms with Gasteiger partial charge in [0, 0.05) is 6.42 Å². The van der Waals surface area contributed by atoms with Gasteiger partial charge in [0.05, 0.1) is 11.0 Å². The molecule has 2 heteroatoms. The van der Waals surface area contributed by atoms with Crippen molar-refractivity contribution in [3.8, 4) is 0 Å². The number of rotatable bonds is 2. The smallest absolute Gasteiger partial charge is 0.107 e. The average molecular weight is 387 g/mol. The Morgan fingerprint density at radius 1 is 0.690 bits per heavy atom.